The second-order valence-electron chi connectivity index (χ2n) is 25.0. The summed E-state index contributed by atoms with van der Waals surface area (Å²) in [6, 6.07) is 0. The van der Waals surface area contributed by atoms with E-state index in [0.717, 1.165) is 77.0 Å². The van der Waals surface area contributed by atoms with Crippen molar-refractivity contribution >= 4 is 94.8 Å². The number of thioether (sulfide) groups is 4. The molecule has 0 rings (SSSR count). The van der Waals surface area contributed by atoms with Crippen LogP contribution in [0.3, 0.4) is 0 Å². The van der Waals surface area contributed by atoms with Crippen LogP contribution in [0.5, 0.6) is 0 Å². The van der Waals surface area contributed by atoms with E-state index in [0.29, 0.717) is 46.0 Å². The van der Waals surface area contributed by atoms with Crippen molar-refractivity contribution in [3.05, 3.63) is 0 Å². The number of hydrogen-bond donors (Lipinski definition) is 8. The minimum absolute atomic E-state index is 0.103. The van der Waals surface area contributed by atoms with Gasteiger partial charge in [-0.3, -0.25) is 38.4 Å². The van der Waals surface area contributed by atoms with Gasteiger partial charge in [-0.1, -0.05) is 275 Å². The molecule has 0 aromatic heterocycles. The van der Waals surface area contributed by atoms with E-state index in [1.807, 2.05) is 13.8 Å². The third-order valence-corrected chi connectivity index (χ3v) is 21.7. The zero-order valence-electron chi connectivity index (χ0n) is 61.0. The molecule has 0 spiro atoms. The lowest BCUT2D eigenvalue weighted by atomic mass is 9.86. The van der Waals surface area contributed by atoms with Crippen LogP contribution in [0.25, 0.3) is 0 Å². The lowest BCUT2D eigenvalue weighted by Crippen LogP contribution is -2.26. The molecule has 0 aromatic carbocycles. The van der Waals surface area contributed by atoms with E-state index in [2.05, 4.69) is 55.4 Å². The minimum atomic E-state index is -0.820. The summed E-state index contributed by atoms with van der Waals surface area (Å²) in [6.07, 6.45) is 42.7. The highest BCUT2D eigenvalue weighted by molar-refractivity contribution is 8.00. The van der Waals surface area contributed by atoms with Crippen LogP contribution in [0.15, 0.2) is 0 Å². The van der Waals surface area contributed by atoms with Gasteiger partial charge in [0.2, 0.25) is 0 Å². The second-order valence-corrected chi connectivity index (χ2v) is 29.6. The highest BCUT2D eigenvalue weighted by Crippen LogP contribution is 2.31. The molecule has 0 aromatic rings. The molecule has 20 heteroatoms. The van der Waals surface area contributed by atoms with Crippen LogP contribution in [0.1, 0.15) is 326 Å². The Kier molecular flexibility index (Phi) is 80.6. The van der Waals surface area contributed by atoms with Crippen molar-refractivity contribution in [3.8, 4) is 0 Å². The number of carbonyl (C=O) groups is 8. The fraction of sp³-hybridized carbons (Fsp3) is 0.892. The third kappa shape index (κ3) is 67.7. The standard InChI is InChI=1S/4C18H34O4S.C2H6/c4*1-3-5-6-7-8-9-10-11-15(4-2)16(18(21)22)14-23-13-12-17(19)20;1-2/h4*15-16H,3-14H2,1-2H3,(H,19,20)(H,21,22);1-2H3. The SMILES string of the molecule is CC.CCCCCCCCCC(CC)C(CSCCC(=O)O)C(=O)O.CCCCCCCCCC(CC)C(CSCCC(=O)O)C(=O)O.CCCCCCCCCC(CC)C(CSCCC(=O)O)C(=O)O.CCCCCCCCCC(CC)C(CSCCC(=O)O)C(=O)O. The number of unbranched alkanes of at least 4 members (excludes halogenated alkanes) is 24. The molecule has 0 saturated heterocycles. The average Bonchev–Trinajstić information content (AvgIpc) is 1.71. The summed E-state index contributed by atoms with van der Waals surface area (Å²) in [4.78, 5) is 88.0. The lowest BCUT2D eigenvalue weighted by molar-refractivity contribution is -0.143. The highest BCUT2D eigenvalue weighted by atomic mass is 32.2. The summed E-state index contributed by atoms with van der Waals surface area (Å²) in [7, 11) is 0. The van der Waals surface area contributed by atoms with E-state index in [-0.39, 0.29) is 73.0 Å². The molecule has 0 aliphatic rings. The normalized spacial score (nSPS) is 13.4. The summed E-state index contributed by atoms with van der Waals surface area (Å²) < 4.78 is 0. The van der Waals surface area contributed by atoms with Crippen molar-refractivity contribution in [2.24, 2.45) is 47.3 Å². The van der Waals surface area contributed by atoms with Crippen molar-refractivity contribution in [2.75, 3.05) is 46.0 Å². The number of carboxylic acid groups (broad SMARTS) is 8. The molecule has 8 unspecified atom stereocenters. The Morgan fingerprint density at radius 1 is 0.245 bits per heavy atom. The summed E-state index contributed by atoms with van der Waals surface area (Å²) in [5.41, 5.74) is 0. The first-order chi connectivity index (χ1) is 45.1. The number of rotatable bonds is 64. The molecule has 0 aliphatic carbocycles. The van der Waals surface area contributed by atoms with Crippen molar-refractivity contribution in [3.63, 3.8) is 0 Å². The maximum absolute atomic E-state index is 11.5. The topological polar surface area (TPSA) is 298 Å². The molecule has 16 nitrogen and oxygen atoms in total. The van der Waals surface area contributed by atoms with Gasteiger partial charge >= 0.3 is 47.8 Å². The summed E-state index contributed by atoms with van der Waals surface area (Å²) in [5, 5.41) is 72.4. The van der Waals surface area contributed by atoms with Gasteiger partial charge in [0.25, 0.3) is 0 Å². The summed E-state index contributed by atoms with van der Waals surface area (Å²) >= 11 is 5.81. The van der Waals surface area contributed by atoms with E-state index < -0.39 is 47.8 Å². The lowest BCUT2D eigenvalue weighted by Gasteiger charge is -2.22. The van der Waals surface area contributed by atoms with Crippen LogP contribution < -0.4 is 0 Å². The molecular weight excluding hydrogens is 1270 g/mol. The van der Waals surface area contributed by atoms with E-state index in [1.54, 1.807) is 0 Å². The van der Waals surface area contributed by atoms with Crippen LogP contribution >= 0.6 is 47.0 Å². The van der Waals surface area contributed by atoms with Crippen LogP contribution in [0.2, 0.25) is 0 Å². The number of aliphatic carboxylic acids is 8. The highest BCUT2D eigenvalue weighted by Gasteiger charge is 2.30. The van der Waals surface area contributed by atoms with Gasteiger partial charge in [-0.2, -0.15) is 47.0 Å². The van der Waals surface area contributed by atoms with Crippen molar-refractivity contribution in [1.29, 1.82) is 0 Å². The zero-order chi connectivity index (χ0) is 72.0. The van der Waals surface area contributed by atoms with Gasteiger partial charge in [-0.05, 0) is 49.4 Å². The number of carboxylic acids is 8. The van der Waals surface area contributed by atoms with Crippen LogP contribution in [-0.2, 0) is 38.4 Å². The van der Waals surface area contributed by atoms with Crippen LogP contribution in [0, 0.1) is 47.3 Å². The fourth-order valence-electron chi connectivity index (χ4n) is 11.3. The number of hydrogen-bond acceptors (Lipinski definition) is 12. The zero-order valence-corrected chi connectivity index (χ0v) is 64.3. The Balaban J connectivity index is -0.000000371. The van der Waals surface area contributed by atoms with Gasteiger partial charge in [-0.25, -0.2) is 0 Å². The smallest absolute Gasteiger partial charge is 0.307 e. The Labute approximate surface area is 590 Å². The van der Waals surface area contributed by atoms with Crippen molar-refractivity contribution in [1.82, 2.24) is 0 Å². The minimum Gasteiger partial charge on any atom is -0.481 e. The Morgan fingerprint density at radius 2 is 0.394 bits per heavy atom. The molecule has 0 bridgehead atoms. The van der Waals surface area contributed by atoms with Crippen LogP contribution in [-0.4, -0.2) is 135 Å². The molecule has 0 radical (unpaired) electrons. The predicted molar refractivity (Wildman–Crippen MR) is 400 cm³/mol. The molecule has 94 heavy (non-hydrogen) atoms. The predicted octanol–water partition coefficient (Wildman–Crippen LogP) is 21.3. The first kappa shape index (κ1) is 99.8. The fourth-order valence-corrected chi connectivity index (χ4v) is 15.9. The molecule has 0 heterocycles. The molecule has 8 atom stereocenters. The average molecular weight is 1420 g/mol. The van der Waals surface area contributed by atoms with Gasteiger partial charge in [0, 0.05) is 46.0 Å². The Hall–Kier alpha value is -2.84. The monoisotopic (exact) mass is 1410 g/mol. The van der Waals surface area contributed by atoms with E-state index in [1.165, 1.54) is 201 Å². The molecule has 0 saturated carbocycles. The molecular formula is C74H142O16S4. The van der Waals surface area contributed by atoms with Crippen molar-refractivity contribution < 1.29 is 79.2 Å². The van der Waals surface area contributed by atoms with Gasteiger partial charge in [0.05, 0.1) is 49.4 Å². The third-order valence-electron chi connectivity index (χ3n) is 17.4. The maximum Gasteiger partial charge on any atom is 0.307 e. The van der Waals surface area contributed by atoms with Gasteiger partial charge in [0.15, 0.2) is 0 Å². The first-order valence-corrected chi connectivity index (χ1v) is 41.8. The van der Waals surface area contributed by atoms with Gasteiger partial charge in [-0.15, -0.1) is 0 Å². The Morgan fingerprint density at radius 3 is 0.521 bits per heavy atom. The van der Waals surface area contributed by atoms with Gasteiger partial charge in [0.1, 0.15) is 0 Å². The first-order valence-electron chi connectivity index (χ1n) is 37.2. The largest absolute Gasteiger partial charge is 0.481 e. The Bertz CT molecular complexity index is 1530. The molecule has 558 valence electrons. The van der Waals surface area contributed by atoms with Crippen LogP contribution in [0.4, 0.5) is 0 Å². The second kappa shape index (κ2) is 75.9. The molecule has 0 aliphatic heterocycles. The summed E-state index contributed by atoms with van der Waals surface area (Å²) in [5.74, 6) is -2.70. The van der Waals surface area contributed by atoms with E-state index in [4.69, 9.17) is 20.4 Å². The molecule has 0 amide bonds. The van der Waals surface area contributed by atoms with Gasteiger partial charge < -0.3 is 40.9 Å². The van der Waals surface area contributed by atoms with E-state index in [9.17, 15) is 58.8 Å². The summed E-state index contributed by atoms with van der Waals surface area (Å²) in [6.45, 7) is 21.1. The molecule has 8 N–H and O–H groups in total. The van der Waals surface area contributed by atoms with Crippen molar-refractivity contribution in [2.45, 2.75) is 326 Å². The quantitative estimate of drug-likeness (QED) is 0.0262. The molecule has 0 fully saturated rings. The van der Waals surface area contributed by atoms with E-state index >= 15 is 0 Å². The maximum atomic E-state index is 11.5.